The van der Waals surface area contributed by atoms with Crippen LogP contribution in [0.1, 0.15) is 5.56 Å². The van der Waals surface area contributed by atoms with E-state index in [9.17, 15) is 0 Å². The van der Waals surface area contributed by atoms with Crippen LogP contribution in [0.25, 0.3) is 0 Å². The molecule has 0 bridgehead atoms. The number of halogens is 3. The van der Waals surface area contributed by atoms with Crippen molar-refractivity contribution in [2.75, 3.05) is 24.9 Å². The van der Waals surface area contributed by atoms with Gasteiger partial charge in [-0.1, -0.05) is 29.3 Å². The number of nitrogens with zero attached hydrogens (tertiary/aromatic N) is 2. The van der Waals surface area contributed by atoms with Gasteiger partial charge in [0.25, 0.3) is 0 Å². The van der Waals surface area contributed by atoms with Gasteiger partial charge < -0.3 is 20.1 Å². The lowest BCUT2D eigenvalue weighted by Gasteiger charge is -2.12. The average molecular weight is 516 g/mol. The van der Waals surface area contributed by atoms with Crippen LogP contribution in [-0.2, 0) is 6.54 Å². The predicted molar refractivity (Wildman–Crippen MR) is 125 cm³/mol. The number of hydrogen-bond acceptors (Lipinski definition) is 4. The van der Waals surface area contributed by atoms with E-state index in [1.807, 2.05) is 24.4 Å². The van der Waals surface area contributed by atoms with Gasteiger partial charge in [-0.15, -0.1) is 0 Å². The van der Waals surface area contributed by atoms with Crippen LogP contribution in [0.3, 0.4) is 0 Å². The minimum atomic E-state index is 0.387. The first-order valence-electron chi connectivity index (χ1n) is 8.36. The van der Waals surface area contributed by atoms with Crippen LogP contribution in [0.15, 0.2) is 47.1 Å². The lowest BCUT2D eigenvalue weighted by atomic mass is 10.2. The van der Waals surface area contributed by atoms with E-state index in [0.29, 0.717) is 39.0 Å². The van der Waals surface area contributed by atoms with E-state index in [1.165, 1.54) is 0 Å². The van der Waals surface area contributed by atoms with Crippen LogP contribution in [0.2, 0.25) is 10.0 Å². The molecule has 10 heteroatoms. The van der Waals surface area contributed by atoms with E-state index in [2.05, 4.69) is 31.7 Å². The second-order valence-electron chi connectivity index (χ2n) is 5.92. The molecule has 1 heterocycles. The highest BCUT2D eigenvalue weighted by Crippen LogP contribution is 2.30. The van der Waals surface area contributed by atoms with E-state index in [0.717, 1.165) is 15.7 Å². The van der Waals surface area contributed by atoms with Gasteiger partial charge >= 0.3 is 0 Å². The van der Waals surface area contributed by atoms with Crippen molar-refractivity contribution < 1.29 is 9.47 Å². The quantitative estimate of drug-likeness (QED) is 0.403. The molecule has 2 N–H and O–H groups in total. The molecule has 1 aromatic heterocycles. The second-order valence-corrected chi connectivity index (χ2v) is 8.00. The van der Waals surface area contributed by atoms with E-state index in [1.54, 1.807) is 37.1 Å². The lowest BCUT2D eigenvalue weighted by Crippen LogP contribution is -2.19. The summed E-state index contributed by atoms with van der Waals surface area (Å²) in [5, 5.41) is 12.1. The number of methoxy groups -OCH3 is 2. The molecule has 0 saturated carbocycles. The van der Waals surface area contributed by atoms with Crippen LogP contribution < -0.4 is 20.1 Å². The van der Waals surface area contributed by atoms with E-state index in [-0.39, 0.29) is 0 Å². The molecule has 0 fully saturated rings. The molecular weight excluding hydrogens is 499 g/mol. The summed E-state index contributed by atoms with van der Waals surface area (Å²) in [6, 6.07) is 10.9. The summed E-state index contributed by atoms with van der Waals surface area (Å²) in [4.78, 5) is 0. The molecule has 6 nitrogen and oxygen atoms in total. The van der Waals surface area contributed by atoms with Gasteiger partial charge in [0.1, 0.15) is 0 Å². The number of benzene rings is 2. The van der Waals surface area contributed by atoms with Crippen molar-refractivity contribution in [3.8, 4) is 11.5 Å². The van der Waals surface area contributed by atoms with Gasteiger partial charge in [-0.05, 0) is 58.0 Å². The third-order valence-corrected chi connectivity index (χ3v) is 5.44. The number of anilines is 2. The zero-order valence-electron chi connectivity index (χ0n) is 15.5. The number of thiocarbonyl (C=S) groups is 1. The molecule has 0 saturated heterocycles. The van der Waals surface area contributed by atoms with E-state index in [4.69, 9.17) is 44.9 Å². The standard InChI is InChI=1S/C19H17BrCl2N4O2S/c1-27-16-6-4-12(8-17(16)28-2)23-19(29)24-18-13(20)10-26(25-18)9-11-3-5-14(21)15(22)7-11/h3-8,10H,9H2,1-2H3,(H2,23,24,25,29). The average Bonchev–Trinajstić information content (AvgIpc) is 3.03. The summed E-state index contributed by atoms with van der Waals surface area (Å²) in [6.45, 7) is 0.535. The highest BCUT2D eigenvalue weighted by molar-refractivity contribution is 9.10. The maximum absolute atomic E-state index is 6.08. The SMILES string of the molecule is COc1ccc(NC(=S)Nc2nn(Cc3ccc(Cl)c(Cl)c3)cc2Br)cc1OC. The van der Waals surface area contributed by atoms with Gasteiger partial charge in [-0.2, -0.15) is 5.10 Å². The van der Waals surface area contributed by atoms with Gasteiger partial charge in [-0.3, -0.25) is 4.68 Å². The molecule has 3 aromatic rings. The summed E-state index contributed by atoms with van der Waals surface area (Å²) < 4.78 is 13.1. The Balaban J connectivity index is 1.67. The topological polar surface area (TPSA) is 60.3 Å². The molecule has 0 amide bonds. The Bertz CT molecular complexity index is 1050. The normalized spacial score (nSPS) is 10.5. The number of ether oxygens (including phenoxy) is 2. The molecule has 0 unspecified atom stereocenters. The van der Waals surface area contributed by atoms with Gasteiger partial charge in [0.2, 0.25) is 0 Å². The summed E-state index contributed by atoms with van der Waals surface area (Å²) in [5.74, 6) is 1.83. The van der Waals surface area contributed by atoms with Crippen molar-refractivity contribution in [1.82, 2.24) is 9.78 Å². The number of aromatic nitrogens is 2. The van der Waals surface area contributed by atoms with Crippen molar-refractivity contribution in [1.29, 1.82) is 0 Å². The van der Waals surface area contributed by atoms with Gasteiger partial charge in [-0.25, -0.2) is 0 Å². The second kappa shape index (κ2) is 9.67. The fourth-order valence-electron chi connectivity index (χ4n) is 2.57. The van der Waals surface area contributed by atoms with Crippen molar-refractivity contribution in [2.45, 2.75) is 6.54 Å². The summed E-state index contributed by atoms with van der Waals surface area (Å²) >= 11 is 20.9. The first kappa shape index (κ1) is 21.7. The maximum Gasteiger partial charge on any atom is 0.176 e. The first-order chi connectivity index (χ1) is 13.9. The third kappa shape index (κ3) is 5.54. The van der Waals surface area contributed by atoms with Crippen molar-refractivity contribution >= 4 is 68.0 Å². The number of hydrogen-bond donors (Lipinski definition) is 2. The molecule has 0 radical (unpaired) electrons. The molecule has 0 aliphatic heterocycles. The number of rotatable bonds is 6. The van der Waals surface area contributed by atoms with Crippen LogP contribution in [0.4, 0.5) is 11.5 Å². The molecule has 0 atom stereocenters. The Morgan fingerprint density at radius 1 is 1.07 bits per heavy atom. The maximum atomic E-state index is 6.08. The smallest absolute Gasteiger partial charge is 0.176 e. The molecule has 0 spiro atoms. The molecule has 2 aromatic carbocycles. The fourth-order valence-corrected chi connectivity index (χ4v) is 3.52. The Kier molecular flexibility index (Phi) is 7.23. The highest BCUT2D eigenvalue weighted by Gasteiger charge is 2.11. The molecule has 0 aliphatic rings. The van der Waals surface area contributed by atoms with Crippen LogP contribution >= 0.6 is 51.3 Å². The van der Waals surface area contributed by atoms with Crippen molar-refractivity contribution in [3.63, 3.8) is 0 Å². The van der Waals surface area contributed by atoms with E-state index < -0.39 is 0 Å². The third-order valence-electron chi connectivity index (χ3n) is 3.92. The monoisotopic (exact) mass is 514 g/mol. The molecular formula is C19H17BrCl2N4O2S. The zero-order chi connectivity index (χ0) is 21.0. The van der Waals surface area contributed by atoms with Crippen LogP contribution in [0, 0.1) is 0 Å². The summed E-state index contributed by atoms with van der Waals surface area (Å²) in [5.41, 5.74) is 1.73. The number of nitrogens with one attached hydrogen (secondary N) is 2. The fraction of sp³-hybridized carbons (Fsp3) is 0.158. The Labute approximate surface area is 192 Å². The molecule has 0 aliphatic carbocycles. The summed E-state index contributed by atoms with van der Waals surface area (Å²) in [7, 11) is 3.17. The minimum Gasteiger partial charge on any atom is -0.493 e. The van der Waals surface area contributed by atoms with Gasteiger partial charge in [0, 0.05) is 18.0 Å². The minimum absolute atomic E-state index is 0.387. The van der Waals surface area contributed by atoms with Gasteiger partial charge in [0.15, 0.2) is 22.4 Å². The van der Waals surface area contributed by atoms with Crippen molar-refractivity contribution in [2.24, 2.45) is 0 Å². The first-order valence-corrected chi connectivity index (χ1v) is 10.3. The van der Waals surface area contributed by atoms with Crippen LogP contribution in [0.5, 0.6) is 11.5 Å². The van der Waals surface area contributed by atoms with Crippen molar-refractivity contribution in [3.05, 3.63) is 62.7 Å². The van der Waals surface area contributed by atoms with E-state index >= 15 is 0 Å². The van der Waals surface area contributed by atoms with Gasteiger partial charge in [0.05, 0.1) is 35.3 Å². The Hall–Kier alpha value is -2.00. The predicted octanol–water partition coefficient (Wildman–Crippen LogP) is 5.83. The highest BCUT2D eigenvalue weighted by atomic mass is 79.9. The molecule has 3 rings (SSSR count). The largest absolute Gasteiger partial charge is 0.493 e. The lowest BCUT2D eigenvalue weighted by molar-refractivity contribution is 0.355. The Morgan fingerprint density at radius 3 is 2.52 bits per heavy atom. The Morgan fingerprint density at radius 2 is 1.83 bits per heavy atom. The summed E-state index contributed by atoms with van der Waals surface area (Å²) in [6.07, 6.45) is 1.85. The molecule has 29 heavy (non-hydrogen) atoms. The van der Waals surface area contributed by atoms with Crippen LogP contribution in [-0.4, -0.2) is 29.1 Å². The molecule has 152 valence electrons. The zero-order valence-corrected chi connectivity index (χ0v) is 19.4.